The molecular formula is C25H31FN2O3S. The lowest BCUT2D eigenvalue weighted by atomic mass is 10.1. The zero-order chi connectivity index (χ0) is 23.3. The van der Waals surface area contributed by atoms with Gasteiger partial charge in [0, 0.05) is 25.0 Å². The van der Waals surface area contributed by atoms with Crippen LogP contribution >= 0.6 is 11.8 Å². The van der Waals surface area contributed by atoms with E-state index in [0.717, 1.165) is 28.1 Å². The summed E-state index contributed by atoms with van der Waals surface area (Å²) in [4.78, 5) is 16.6. The molecule has 1 amide bonds. The lowest BCUT2D eigenvalue weighted by molar-refractivity contribution is -0.118. The van der Waals surface area contributed by atoms with Gasteiger partial charge in [-0.2, -0.15) is 0 Å². The van der Waals surface area contributed by atoms with Gasteiger partial charge in [-0.1, -0.05) is 38.1 Å². The quantitative estimate of drug-likeness (QED) is 0.431. The first kappa shape index (κ1) is 25.6. The summed E-state index contributed by atoms with van der Waals surface area (Å²) < 4.78 is 23.8. The maximum absolute atomic E-state index is 12.9. The maximum Gasteiger partial charge on any atom is 0.230 e. The molecule has 0 bridgehead atoms. The lowest BCUT2D eigenvalue weighted by Crippen LogP contribution is -2.27. The molecule has 1 heterocycles. The number of methoxy groups -OCH3 is 1. The highest BCUT2D eigenvalue weighted by molar-refractivity contribution is 7.99. The van der Waals surface area contributed by atoms with Crippen molar-refractivity contribution in [1.82, 2.24) is 10.3 Å². The number of aryl methyl sites for hydroxylation is 1. The highest BCUT2D eigenvalue weighted by Crippen LogP contribution is 2.24. The van der Waals surface area contributed by atoms with Crippen molar-refractivity contribution in [2.45, 2.75) is 39.6 Å². The molecule has 0 atom stereocenters. The SMILES string of the molecule is CC.COCc1ccc(-c2nc(CSCC(=O)NCCc3ccc(F)cc3)c(C)o2)cc1. The van der Waals surface area contributed by atoms with Crippen LogP contribution in [0.25, 0.3) is 11.5 Å². The van der Waals surface area contributed by atoms with Crippen LogP contribution in [0.2, 0.25) is 0 Å². The number of carbonyl (C=O) groups is 1. The van der Waals surface area contributed by atoms with Gasteiger partial charge >= 0.3 is 0 Å². The van der Waals surface area contributed by atoms with Crippen LogP contribution in [0, 0.1) is 12.7 Å². The van der Waals surface area contributed by atoms with Crippen LogP contribution in [0.1, 0.15) is 36.4 Å². The second kappa shape index (κ2) is 13.7. The number of aromatic nitrogens is 1. The van der Waals surface area contributed by atoms with Gasteiger partial charge in [-0.15, -0.1) is 11.8 Å². The minimum absolute atomic E-state index is 0.0304. The van der Waals surface area contributed by atoms with E-state index in [1.165, 1.54) is 23.9 Å². The van der Waals surface area contributed by atoms with E-state index in [-0.39, 0.29) is 11.7 Å². The zero-order valence-electron chi connectivity index (χ0n) is 19.1. The number of hydrogen-bond acceptors (Lipinski definition) is 5. The van der Waals surface area contributed by atoms with Gasteiger partial charge in [-0.05, 0) is 48.7 Å². The van der Waals surface area contributed by atoms with Crippen LogP contribution in [0.5, 0.6) is 0 Å². The fourth-order valence-corrected chi connectivity index (χ4v) is 3.74. The van der Waals surface area contributed by atoms with Crippen molar-refractivity contribution in [2.24, 2.45) is 0 Å². The molecule has 0 unspecified atom stereocenters. The summed E-state index contributed by atoms with van der Waals surface area (Å²) in [5, 5.41) is 2.89. The van der Waals surface area contributed by atoms with Crippen LogP contribution in [0.4, 0.5) is 4.39 Å². The minimum Gasteiger partial charge on any atom is -0.441 e. The Balaban J connectivity index is 0.00000176. The predicted octanol–water partition coefficient (Wildman–Crippen LogP) is 5.55. The van der Waals surface area contributed by atoms with Gasteiger partial charge in [0.1, 0.15) is 11.6 Å². The van der Waals surface area contributed by atoms with Crippen molar-refractivity contribution in [2.75, 3.05) is 19.4 Å². The molecule has 2 aromatic carbocycles. The van der Waals surface area contributed by atoms with Gasteiger partial charge in [-0.3, -0.25) is 4.79 Å². The van der Waals surface area contributed by atoms with Crippen molar-refractivity contribution in [3.05, 3.63) is 76.9 Å². The van der Waals surface area contributed by atoms with Crippen molar-refractivity contribution < 1.29 is 18.3 Å². The van der Waals surface area contributed by atoms with Gasteiger partial charge in [0.05, 0.1) is 18.1 Å². The number of nitrogens with one attached hydrogen (secondary N) is 1. The molecule has 0 aliphatic heterocycles. The Bertz CT molecular complexity index is 956. The van der Waals surface area contributed by atoms with Crippen molar-refractivity contribution >= 4 is 17.7 Å². The third-order valence-corrected chi connectivity index (χ3v) is 5.47. The molecule has 172 valence electrons. The number of hydrogen-bond donors (Lipinski definition) is 1. The molecule has 3 rings (SSSR count). The number of benzene rings is 2. The maximum atomic E-state index is 12.9. The van der Waals surface area contributed by atoms with Crippen LogP contribution in [0.3, 0.4) is 0 Å². The van der Waals surface area contributed by atoms with Crippen LogP contribution in [-0.2, 0) is 28.3 Å². The number of amides is 1. The van der Waals surface area contributed by atoms with Gasteiger partial charge in [-0.25, -0.2) is 9.37 Å². The number of nitrogens with zero attached hydrogens (tertiary/aromatic N) is 1. The Morgan fingerprint density at radius 1 is 1.09 bits per heavy atom. The van der Waals surface area contributed by atoms with Gasteiger partial charge in [0.25, 0.3) is 0 Å². The van der Waals surface area contributed by atoms with E-state index >= 15 is 0 Å². The summed E-state index contributed by atoms with van der Waals surface area (Å²) in [6, 6.07) is 14.2. The molecule has 32 heavy (non-hydrogen) atoms. The molecule has 7 heteroatoms. The Morgan fingerprint density at radius 3 is 2.41 bits per heavy atom. The molecule has 3 aromatic rings. The second-order valence-electron chi connectivity index (χ2n) is 6.87. The third-order valence-electron chi connectivity index (χ3n) is 4.53. The first-order valence-corrected chi connectivity index (χ1v) is 11.8. The number of halogens is 1. The molecule has 0 radical (unpaired) electrons. The predicted molar refractivity (Wildman–Crippen MR) is 128 cm³/mol. The van der Waals surface area contributed by atoms with Crippen LogP contribution in [0.15, 0.2) is 52.9 Å². The average molecular weight is 459 g/mol. The first-order valence-electron chi connectivity index (χ1n) is 10.7. The van der Waals surface area contributed by atoms with Crippen molar-refractivity contribution in [1.29, 1.82) is 0 Å². The summed E-state index contributed by atoms with van der Waals surface area (Å²) in [5.74, 6) is 2.00. The normalized spacial score (nSPS) is 10.4. The molecule has 0 saturated carbocycles. The van der Waals surface area contributed by atoms with Crippen LogP contribution in [-0.4, -0.2) is 30.3 Å². The molecular weight excluding hydrogens is 427 g/mol. The summed E-state index contributed by atoms with van der Waals surface area (Å²) in [6.07, 6.45) is 0.672. The minimum atomic E-state index is -0.256. The van der Waals surface area contributed by atoms with Gasteiger partial charge < -0.3 is 14.5 Å². The molecule has 0 aliphatic rings. The second-order valence-corrected chi connectivity index (χ2v) is 7.86. The van der Waals surface area contributed by atoms with E-state index in [2.05, 4.69) is 10.3 Å². The average Bonchev–Trinajstić information content (AvgIpc) is 3.18. The summed E-state index contributed by atoms with van der Waals surface area (Å²) in [7, 11) is 1.67. The molecule has 1 N–H and O–H groups in total. The number of rotatable bonds is 10. The summed E-state index contributed by atoms with van der Waals surface area (Å²) in [5.41, 5.74) is 3.83. The highest BCUT2D eigenvalue weighted by atomic mass is 32.2. The number of thioether (sulfide) groups is 1. The summed E-state index contributed by atoms with van der Waals surface area (Å²) in [6.45, 7) is 6.98. The van der Waals surface area contributed by atoms with Crippen molar-refractivity contribution in [3.63, 3.8) is 0 Å². The smallest absolute Gasteiger partial charge is 0.230 e. The lowest BCUT2D eigenvalue weighted by Gasteiger charge is -2.05. The highest BCUT2D eigenvalue weighted by Gasteiger charge is 2.12. The topological polar surface area (TPSA) is 64.4 Å². The first-order chi connectivity index (χ1) is 15.5. The van der Waals surface area contributed by atoms with Crippen LogP contribution < -0.4 is 5.32 Å². The molecule has 5 nitrogen and oxygen atoms in total. The van der Waals surface area contributed by atoms with Crippen molar-refractivity contribution in [3.8, 4) is 11.5 Å². The molecule has 0 aliphatic carbocycles. The fraction of sp³-hybridized carbons (Fsp3) is 0.360. The van der Waals surface area contributed by atoms with E-state index in [1.54, 1.807) is 19.2 Å². The largest absolute Gasteiger partial charge is 0.441 e. The number of oxazole rings is 1. The number of carbonyl (C=O) groups excluding carboxylic acids is 1. The van der Waals surface area contributed by atoms with E-state index in [9.17, 15) is 9.18 Å². The Hall–Kier alpha value is -2.64. The fourth-order valence-electron chi connectivity index (χ4n) is 2.88. The zero-order valence-corrected chi connectivity index (χ0v) is 19.9. The molecule has 1 aromatic heterocycles. The Kier molecular flexibility index (Phi) is 11.0. The molecule has 0 spiro atoms. The molecule has 0 saturated heterocycles. The third kappa shape index (κ3) is 8.13. The standard InChI is InChI=1S/C23H25FN2O3S.C2H6/c1-16-21(26-23(29-16)19-7-3-18(4-8-19)13-28-2)14-30-15-22(27)25-12-11-17-5-9-20(24)10-6-17;1-2/h3-10H,11-15H2,1-2H3,(H,25,27);1-2H3. The Morgan fingerprint density at radius 2 is 1.75 bits per heavy atom. The van der Waals surface area contributed by atoms with Gasteiger partial charge in [0.2, 0.25) is 11.8 Å². The van der Waals surface area contributed by atoms with E-state index in [0.29, 0.717) is 37.0 Å². The van der Waals surface area contributed by atoms with E-state index < -0.39 is 0 Å². The molecule has 0 fully saturated rings. The summed E-state index contributed by atoms with van der Waals surface area (Å²) >= 11 is 1.49. The number of ether oxygens (including phenoxy) is 1. The Labute approximate surface area is 193 Å². The monoisotopic (exact) mass is 458 g/mol. The van der Waals surface area contributed by atoms with Gasteiger partial charge in [0.15, 0.2) is 0 Å². The van der Waals surface area contributed by atoms with E-state index in [1.807, 2.05) is 45.0 Å². The van der Waals surface area contributed by atoms with E-state index in [4.69, 9.17) is 9.15 Å².